The number of anilines is 4. The van der Waals surface area contributed by atoms with Crippen LogP contribution in [0.3, 0.4) is 0 Å². The van der Waals surface area contributed by atoms with Crippen molar-refractivity contribution in [3.63, 3.8) is 0 Å². The third kappa shape index (κ3) is 5.12. The van der Waals surface area contributed by atoms with Crippen molar-refractivity contribution in [2.75, 3.05) is 50.5 Å². The molecule has 1 aliphatic heterocycles. The van der Waals surface area contributed by atoms with Gasteiger partial charge in [-0.15, -0.1) is 0 Å². The number of piperazine rings is 1. The quantitative estimate of drug-likeness (QED) is 0.396. The first-order valence-electron chi connectivity index (χ1n) is 11.0. The number of benzene rings is 1. The molecule has 0 bridgehead atoms. The third-order valence-corrected chi connectivity index (χ3v) is 7.03. The molecule has 0 amide bonds. The zero-order valence-corrected chi connectivity index (χ0v) is 20.6. The van der Waals surface area contributed by atoms with Crippen LogP contribution in [-0.2, 0) is 6.54 Å². The molecule has 4 heterocycles. The number of aromatic nitrogens is 3. The maximum absolute atomic E-state index is 14.4. The van der Waals surface area contributed by atoms with Gasteiger partial charge in [0.15, 0.2) is 5.13 Å². The molecule has 10 heteroatoms. The number of rotatable bonds is 6. The normalized spacial score (nSPS) is 15.1. The molecule has 3 aromatic heterocycles. The van der Waals surface area contributed by atoms with Crippen molar-refractivity contribution in [3.8, 4) is 0 Å². The van der Waals surface area contributed by atoms with Crippen LogP contribution in [-0.4, -0.2) is 65.0 Å². The number of nitrogens with zero attached hydrogens (tertiary/aromatic N) is 6. The summed E-state index contributed by atoms with van der Waals surface area (Å²) in [5, 5.41) is 4.39. The minimum atomic E-state index is -0.397. The molecule has 1 N–H and O–H groups in total. The van der Waals surface area contributed by atoms with Gasteiger partial charge in [0.25, 0.3) is 0 Å². The number of fused-ring (bicyclic) bond motifs is 1. The minimum absolute atomic E-state index is 0.359. The highest BCUT2D eigenvalue weighted by molar-refractivity contribution is 7.21. The van der Waals surface area contributed by atoms with Crippen molar-refractivity contribution in [2.45, 2.75) is 6.54 Å². The summed E-state index contributed by atoms with van der Waals surface area (Å²) in [4.78, 5) is 21.1. The Morgan fingerprint density at radius 2 is 1.91 bits per heavy atom. The zero-order chi connectivity index (χ0) is 23.7. The van der Waals surface area contributed by atoms with E-state index in [1.54, 1.807) is 24.1 Å². The minimum Gasteiger partial charge on any atom is -0.327 e. The third-order valence-electron chi connectivity index (χ3n) is 5.92. The van der Waals surface area contributed by atoms with Gasteiger partial charge in [-0.2, -0.15) is 0 Å². The van der Waals surface area contributed by atoms with E-state index in [9.17, 15) is 4.39 Å². The second-order valence-electron chi connectivity index (χ2n) is 8.42. The molecule has 1 saturated heterocycles. The summed E-state index contributed by atoms with van der Waals surface area (Å²) in [5.74, 6) is 0.980. The largest absolute Gasteiger partial charge is 0.327 e. The summed E-state index contributed by atoms with van der Waals surface area (Å²) in [7, 11) is 3.94. The van der Waals surface area contributed by atoms with Gasteiger partial charge in [0, 0.05) is 51.0 Å². The Labute approximate surface area is 206 Å². The van der Waals surface area contributed by atoms with Crippen LogP contribution in [0, 0.1) is 5.82 Å². The Kier molecular flexibility index (Phi) is 6.60. The predicted molar refractivity (Wildman–Crippen MR) is 137 cm³/mol. The highest BCUT2D eigenvalue weighted by atomic mass is 35.5. The Balaban J connectivity index is 1.31. The Bertz CT molecular complexity index is 1310. The fraction of sp³-hybridized carbons (Fsp3) is 0.292. The van der Waals surface area contributed by atoms with Crippen LogP contribution in [0.2, 0.25) is 5.02 Å². The van der Waals surface area contributed by atoms with Crippen molar-refractivity contribution >= 4 is 55.7 Å². The summed E-state index contributed by atoms with van der Waals surface area (Å²) < 4.78 is 14.4. The summed E-state index contributed by atoms with van der Waals surface area (Å²) in [5.41, 5.74) is 2.39. The smallest absolute Gasteiger partial charge is 0.190 e. The SMILES string of the molecule is CN1CCN(Cc2ccnc(Nc3nc4ccc(N(C)c5ccc(Cl)cc5F)nc4s3)c2)CC1. The monoisotopic (exact) mass is 497 g/mol. The first-order chi connectivity index (χ1) is 16.4. The maximum Gasteiger partial charge on any atom is 0.190 e. The molecule has 0 unspecified atom stereocenters. The van der Waals surface area contributed by atoms with E-state index in [1.165, 1.54) is 23.0 Å². The molecule has 1 aromatic carbocycles. The molecule has 176 valence electrons. The molecule has 0 radical (unpaired) electrons. The van der Waals surface area contributed by atoms with Crippen LogP contribution >= 0.6 is 22.9 Å². The van der Waals surface area contributed by atoms with Crippen molar-refractivity contribution in [2.24, 2.45) is 0 Å². The second-order valence-corrected chi connectivity index (χ2v) is 9.84. The van der Waals surface area contributed by atoms with E-state index in [1.807, 2.05) is 18.3 Å². The molecule has 5 rings (SSSR count). The van der Waals surface area contributed by atoms with Crippen LogP contribution in [0.25, 0.3) is 10.3 Å². The van der Waals surface area contributed by atoms with Crippen molar-refractivity contribution in [3.05, 3.63) is 65.1 Å². The number of halogens is 2. The molecule has 1 aliphatic rings. The van der Waals surface area contributed by atoms with Gasteiger partial charge in [-0.3, -0.25) is 4.90 Å². The molecule has 0 atom stereocenters. The molecule has 1 fully saturated rings. The summed E-state index contributed by atoms with van der Waals surface area (Å²) in [6, 6.07) is 12.4. The van der Waals surface area contributed by atoms with Gasteiger partial charge >= 0.3 is 0 Å². The lowest BCUT2D eigenvalue weighted by Crippen LogP contribution is -2.43. The van der Waals surface area contributed by atoms with Crippen LogP contribution < -0.4 is 10.2 Å². The zero-order valence-electron chi connectivity index (χ0n) is 19.0. The summed E-state index contributed by atoms with van der Waals surface area (Å²) in [6.07, 6.45) is 1.83. The average Bonchev–Trinajstić information content (AvgIpc) is 3.22. The number of hydrogen-bond acceptors (Lipinski definition) is 8. The lowest BCUT2D eigenvalue weighted by Gasteiger charge is -2.32. The van der Waals surface area contributed by atoms with Gasteiger partial charge in [-0.1, -0.05) is 22.9 Å². The van der Waals surface area contributed by atoms with Gasteiger partial charge in [0.1, 0.15) is 27.8 Å². The van der Waals surface area contributed by atoms with Crippen molar-refractivity contribution in [1.29, 1.82) is 0 Å². The van der Waals surface area contributed by atoms with Crippen LogP contribution in [0.5, 0.6) is 0 Å². The van der Waals surface area contributed by atoms with E-state index in [2.05, 4.69) is 49.2 Å². The number of thiazole rings is 1. The second kappa shape index (κ2) is 9.79. The molecular formula is C24H25ClFN7S. The van der Waals surface area contributed by atoms with Gasteiger partial charge in [-0.05, 0) is 55.1 Å². The van der Waals surface area contributed by atoms with E-state index in [0.717, 1.165) is 48.9 Å². The molecule has 7 nitrogen and oxygen atoms in total. The summed E-state index contributed by atoms with van der Waals surface area (Å²) in [6.45, 7) is 5.24. The fourth-order valence-corrected chi connectivity index (χ4v) is 4.94. The number of pyridine rings is 2. The van der Waals surface area contributed by atoms with Gasteiger partial charge < -0.3 is 15.1 Å². The van der Waals surface area contributed by atoms with E-state index in [4.69, 9.17) is 11.6 Å². The van der Waals surface area contributed by atoms with Crippen molar-refractivity contribution < 1.29 is 4.39 Å². The molecule has 4 aromatic rings. The van der Waals surface area contributed by atoms with Gasteiger partial charge in [-0.25, -0.2) is 19.3 Å². The Morgan fingerprint density at radius 1 is 1.09 bits per heavy atom. The van der Waals surface area contributed by atoms with Crippen LogP contribution in [0.15, 0.2) is 48.7 Å². The van der Waals surface area contributed by atoms with E-state index in [0.29, 0.717) is 21.7 Å². The first-order valence-corrected chi connectivity index (χ1v) is 12.2. The number of hydrogen-bond donors (Lipinski definition) is 1. The van der Waals surface area contributed by atoms with Crippen LogP contribution in [0.4, 0.5) is 26.8 Å². The highest BCUT2D eigenvalue weighted by Crippen LogP contribution is 2.31. The van der Waals surface area contributed by atoms with Gasteiger partial charge in [0.05, 0.1) is 5.69 Å². The average molecular weight is 498 g/mol. The number of likely N-dealkylation sites (N-methyl/N-ethyl adjacent to an activating group) is 1. The molecule has 0 spiro atoms. The fourth-order valence-electron chi connectivity index (χ4n) is 3.94. The predicted octanol–water partition coefficient (Wildman–Crippen LogP) is 5.14. The van der Waals surface area contributed by atoms with E-state index >= 15 is 0 Å². The topological polar surface area (TPSA) is 60.4 Å². The van der Waals surface area contributed by atoms with Crippen LogP contribution in [0.1, 0.15) is 5.56 Å². The molecular weight excluding hydrogens is 473 g/mol. The van der Waals surface area contributed by atoms with E-state index < -0.39 is 5.82 Å². The lowest BCUT2D eigenvalue weighted by atomic mass is 10.2. The first kappa shape index (κ1) is 22.9. The van der Waals surface area contributed by atoms with Gasteiger partial charge in [0.2, 0.25) is 0 Å². The van der Waals surface area contributed by atoms with Crippen molar-refractivity contribution in [1.82, 2.24) is 24.8 Å². The number of nitrogens with one attached hydrogen (secondary N) is 1. The summed E-state index contributed by atoms with van der Waals surface area (Å²) >= 11 is 7.32. The maximum atomic E-state index is 14.4. The van der Waals surface area contributed by atoms with E-state index in [-0.39, 0.29) is 0 Å². The lowest BCUT2D eigenvalue weighted by molar-refractivity contribution is 0.148. The standard InChI is InChI=1S/C24H25ClFN7S/c1-31-9-11-33(12-10-31)15-16-7-8-27-21(13-16)29-24-28-19-4-6-22(30-23(19)34-24)32(2)20-5-3-17(25)14-18(20)26/h3-8,13-14H,9-12,15H2,1-2H3,(H,27,28,29). The molecule has 34 heavy (non-hydrogen) atoms. The Hall–Kier alpha value is -2.85. The Morgan fingerprint density at radius 3 is 2.71 bits per heavy atom. The molecule has 0 aliphatic carbocycles. The molecule has 0 saturated carbocycles. The highest BCUT2D eigenvalue weighted by Gasteiger charge is 2.16.